The molecule has 2 aliphatic rings. The zero-order chi connectivity index (χ0) is 13.8. The first-order valence-electron chi connectivity index (χ1n) is 6.89. The minimum atomic E-state index is -0.427. The van der Waals surface area contributed by atoms with Crippen molar-refractivity contribution in [1.29, 1.82) is 5.26 Å². The predicted octanol–water partition coefficient (Wildman–Crippen LogP) is 1.16. The van der Waals surface area contributed by atoms with Gasteiger partial charge >= 0.3 is 0 Å². The Balaban J connectivity index is 1.42. The molecule has 1 spiro atoms. The summed E-state index contributed by atoms with van der Waals surface area (Å²) >= 11 is 0. The summed E-state index contributed by atoms with van der Waals surface area (Å²) in [4.78, 5) is 0. The van der Waals surface area contributed by atoms with Gasteiger partial charge in [-0.05, 0) is 12.1 Å². The Morgan fingerprint density at radius 3 is 2.95 bits per heavy atom. The van der Waals surface area contributed by atoms with Gasteiger partial charge in [0.25, 0.3) is 0 Å². The summed E-state index contributed by atoms with van der Waals surface area (Å²) in [6.45, 7) is 3.28. The van der Waals surface area contributed by atoms with E-state index in [1.807, 2.05) is 6.07 Å². The Labute approximate surface area is 117 Å². The van der Waals surface area contributed by atoms with E-state index in [4.69, 9.17) is 23.9 Å². The molecule has 1 aromatic rings. The van der Waals surface area contributed by atoms with Gasteiger partial charge in [0.1, 0.15) is 11.8 Å². The summed E-state index contributed by atoms with van der Waals surface area (Å²) in [6, 6.07) is 5.44. The fourth-order valence-corrected chi connectivity index (χ4v) is 2.55. The van der Waals surface area contributed by atoms with Gasteiger partial charge in [0.15, 0.2) is 5.79 Å². The third-order valence-electron chi connectivity index (χ3n) is 3.61. The summed E-state index contributed by atoms with van der Waals surface area (Å²) in [7, 11) is 0. The van der Waals surface area contributed by atoms with Crippen LogP contribution in [-0.2, 0) is 20.8 Å². The van der Waals surface area contributed by atoms with Gasteiger partial charge in [0.2, 0.25) is 5.76 Å². The van der Waals surface area contributed by atoms with Gasteiger partial charge in [-0.2, -0.15) is 5.26 Å². The third kappa shape index (κ3) is 3.02. The van der Waals surface area contributed by atoms with Crippen molar-refractivity contribution in [3.8, 4) is 6.07 Å². The standard InChI is InChI=1S/C14H18N2O4/c15-7-11-1-2-12(19-11)8-16-9-13-10-18-14(20-13)3-5-17-6-4-14/h1-2,13,16H,3-6,8-10H2. The van der Waals surface area contributed by atoms with Gasteiger partial charge in [0.05, 0.1) is 32.5 Å². The smallest absolute Gasteiger partial charge is 0.203 e. The summed E-state index contributed by atoms with van der Waals surface area (Å²) < 4.78 is 22.4. The van der Waals surface area contributed by atoms with Crippen LogP contribution in [0.25, 0.3) is 0 Å². The van der Waals surface area contributed by atoms with Gasteiger partial charge in [-0.3, -0.25) is 0 Å². The molecule has 1 atom stereocenters. The fraction of sp³-hybridized carbons (Fsp3) is 0.643. The van der Waals surface area contributed by atoms with E-state index in [1.54, 1.807) is 12.1 Å². The van der Waals surface area contributed by atoms with E-state index in [9.17, 15) is 0 Å². The maximum Gasteiger partial charge on any atom is 0.203 e. The highest BCUT2D eigenvalue weighted by molar-refractivity contribution is 5.18. The second kappa shape index (κ2) is 5.94. The first kappa shape index (κ1) is 13.6. The Morgan fingerprint density at radius 1 is 1.35 bits per heavy atom. The van der Waals surface area contributed by atoms with Crippen molar-refractivity contribution in [3.05, 3.63) is 23.7 Å². The van der Waals surface area contributed by atoms with Gasteiger partial charge < -0.3 is 23.9 Å². The lowest BCUT2D eigenvalue weighted by Gasteiger charge is -2.31. The van der Waals surface area contributed by atoms with Crippen LogP contribution in [0.4, 0.5) is 0 Å². The van der Waals surface area contributed by atoms with Gasteiger partial charge in [-0.1, -0.05) is 0 Å². The summed E-state index contributed by atoms with van der Waals surface area (Å²) in [5.74, 6) is 0.660. The number of rotatable bonds is 4. The lowest BCUT2D eigenvalue weighted by Crippen LogP contribution is -2.39. The molecule has 0 aliphatic carbocycles. The van der Waals surface area contributed by atoms with Gasteiger partial charge in [-0.15, -0.1) is 0 Å². The Morgan fingerprint density at radius 2 is 2.20 bits per heavy atom. The highest BCUT2D eigenvalue weighted by Gasteiger charge is 2.42. The molecule has 3 heterocycles. The van der Waals surface area contributed by atoms with Crippen LogP contribution in [0.3, 0.4) is 0 Å². The molecule has 6 heteroatoms. The Hall–Kier alpha value is -1.39. The lowest BCUT2D eigenvalue weighted by atomic mass is 10.1. The number of furan rings is 1. The molecule has 0 saturated carbocycles. The lowest BCUT2D eigenvalue weighted by molar-refractivity contribution is -0.210. The van der Waals surface area contributed by atoms with Crippen LogP contribution in [0.2, 0.25) is 0 Å². The van der Waals surface area contributed by atoms with Crippen molar-refractivity contribution < 1.29 is 18.6 Å². The molecule has 0 amide bonds. The van der Waals surface area contributed by atoms with Crippen LogP contribution in [0, 0.1) is 11.3 Å². The minimum Gasteiger partial charge on any atom is -0.449 e. The monoisotopic (exact) mass is 278 g/mol. The Kier molecular flexibility index (Phi) is 4.03. The summed E-state index contributed by atoms with van der Waals surface area (Å²) in [5, 5.41) is 11.9. The molecule has 1 unspecified atom stereocenters. The van der Waals surface area contributed by atoms with Gasteiger partial charge in [0, 0.05) is 19.4 Å². The van der Waals surface area contributed by atoms with E-state index in [1.165, 1.54) is 0 Å². The average molecular weight is 278 g/mol. The molecule has 3 rings (SSSR count). The van der Waals surface area contributed by atoms with Gasteiger partial charge in [-0.25, -0.2) is 0 Å². The number of ether oxygens (including phenoxy) is 3. The minimum absolute atomic E-state index is 0.0542. The Bertz CT molecular complexity index is 488. The molecule has 0 bridgehead atoms. The quantitative estimate of drug-likeness (QED) is 0.890. The van der Waals surface area contributed by atoms with Crippen molar-refractivity contribution in [2.45, 2.75) is 31.3 Å². The molecule has 2 fully saturated rings. The van der Waals surface area contributed by atoms with Crippen LogP contribution in [-0.4, -0.2) is 38.3 Å². The van der Waals surface area contributed by atoms with Crippen LogP contribution in [0.5, 0.6) is 0 Å². The molecule has 2 aliphatic heterocycles. The molecular formula is C14H18N2O4. The molecule has 2 saturated heterocycles. The number of nitrogens with zero attached hydrogens (tertiary/aromatic N) is 1. The number of hydrogen-bond donors (Lipinski definition) is 1. The molecule has 0 radical (unpaired) electrons. The second-order valence-electron chi connectivity index (χ2n) is 5.08. The largest absolute Gasteiger partial charge is 0.449 e. The summed E-state index contributed by atoms with van der Waals surface area (Å²) in [5.41, 5.74) is 0. The van der Waals surface area contributed by atoms with E-state index in [0.29, 0.717) is 38.7 Å². The molecule has 1 aromatic heterocycles. The SMILES string of the molecule is N#Cc1ccc(CNCC2COC3(CCOCC3)O2)o1. The first-order valence-corrected chi connectivity index (χ1v) is 6.89. The molecule has 6 nitrogen and oxygen atoms in total. The van der Waals surface area contributed by atoms with E-state index < -0.39 is 5.79 Å². The number of hydrogen-bond acceptors (Lipinski definition) is 6. The highest BCUT2D eigenvalue weighted by atomic mass is 16.7. The molecule has 0 aromatic carbocycles. The fourth-order valence-electron chi connectivity index (χ4n) is 2.55. The van der Waals surface area contributed by atoms with E-state index in [0.717, 1.165) is 18.6 Å². The van der Waals surface area contributed by atoms with Crippen LogP contribution < -0.4 is 5.32 Å². The van der Waals surface area contributed by atoms with Crippen molar-refractivity contribution in [2.75, 3.05) is 26.4 Å². The predicted molar refractivity (Wildman–Crippen MR) is 68.7 cm³/mol. The molecule has 1 N–H and O–H groups in total. The number of nitriles is 1. The van der Waals surface area contributed by atoms with Crippen LogP contribution in [0.1, 0.15) is 24.4 Å². The topological polar surface area (TPSA) is 76.7 Å². The second-order valence-corrected chi connectivity index (χ2v) is 5.08. The average Bonchev–Trinajstić information content (AvgIpc) is 3.08. The zero-order valence-electron chi connectivity index (χ0n) is 11.3. The maximum atomic E-state index is 8.68. The van der Waals surface area contributed by atoms with E-state index in [2.05, 4.69) is 5.32 Å². The third-order valence-corrected chi connectivity index (χ3v) is 3.61. The van der Waals surface area contributed by atoms with E-state index in [-0.39, 0.29) is 6.10 Å². The van der Waals surface area contributed by atoms with Crippen molar-refractivity contribution >= 4 is 0 Å². The van der Waals surface area contributed by atoms with Crippen LogP contribution in [0.15, 0.2) is 16.5 Å². The first-order chi connectivity index (χ1) is 9.80. The molecular weight excluding hydrogens is 260 g/mol. The normalized spacial score (nSPS) is 24.9. The maximum absolute atomic E-state index is 8.68. The molecule has 108 valence electrons. The van der Waals surface area contributed by atoms with Crippen molar-refractivity contribution in [2.24, 2.45) is 0 Å². The van der Waals surface area contributed by atoms with Crippen LogP contribution >= 0.6 is 0 Å². The summed E-state index contributed by atoms with van der Waals surface area (Å²) in [6.07, 6.45) is 1.65. The zero-order valence-corrected chi connectivity index (χ0v) is 11.3. The number of nitrogens with one attached hydrogen (secondary N) is 1. The van der Waals surface area contributed by atoms with Crippen molar-refractivity contribution in [1.82, 2.24) is 5.32 Å². The highest BCUT2D eigenvalue weighted by Crippen LogP contribution is 2.32. The molecule has 20 heavy (non-hydrogen) atoms. The van der Waals surface area contributed by atoms with E-state index >= 15 is 0 Å². The van der Waals surface area contributed by atoms with Crippen molar-refractivity contribution in [3.63, 3.8) is 0 Å².